The molecular weight excluding hydrogens is 368 g/mol. The van der Waals surface area contributed by atoms with Crippen molar-refractivity contribution in [3.63, 3.8) is 0 Å². The highest BCUT2D eigenvalue weighted by atomic mass is 15.0. The molecule has 30 heavy (non-hydrogen) atoms. The molecule has 0 saturated carbocycles. The Balaban J connectivity index is 1.57. The van der Waals surface area contributed by atoms with Crippen LogP contribution in [0.5, 0.6) is 0 Å². The normalized spacial score (nSPS) is 12.0. The molecule has 0 unspecified atom stereocenters. The van der Waals surface area contributed by atoms with Gasteiger partial charge in [-0.3, -0.25) is 4.40 Å². The van der Waals surface area contributed by atoms with Crippen molar-refractivity contribution in [3.05, 3.63) is 97.3 Å². The third-order valence-corrected chi connectivity index (χ3v) is 5.90. The molecule has 0 spiro atoms. The van der Waals surface area contributed by atoms with Crippen LogP contribution < -0.4 is 0 Å². The highest BCUT2D eigenvalue weighted by molar-refractivity contribution is 6.14. The third kappa shape index (κ3) is 2.05. The molecule has 7 aromatic rings. The highest BCUT2D eigenvalue weighted by Crippen LogP contribution is 2.38. The summed E-state index contributed by atoms with van der Waals surface area (Å²) in [7, 11) is 0. The van der Waals surface area contributed by atoms with Gasteiger partial charge in [0.15, 0.2) is 0 Å². The average molecular weight is 384 g/mol. The number of aromatic nitrogens is 4. The Bertz CT molecular complexity index is 1660. The van der Waals surface area contributed by atoms with Crippen LogP contribution in [-0.2, 0) is 0 Å². The maximum atomic E-state index is 4.97. The van der Waals surface area contributed by atoms with Crippen LogP contribution >= 0.6 is 0 Å². The minimum absolute atomic E-state index is 0.952. The smallest absolute Gasteiger partial charge is 0.138 e. The molecule has 0 saturated heterocycles. The van der Waals surface area contributed by atoms with Crippen LogP contribution in [0.25, 0.3) is 55.6 Å². The summed E-state index contributed by atoms with van der Waals surface area (Å²) in [4.78, 5) is 9.79. The van der Waals surface area contributed by atoms with Crippen LogP contribution in [0.15, 0.2) is 97.3 Å². The van der Waals surface area contributed by atoms with Crippen molar-refractivity contribution in [1.82, 2.24) is 18.8 Å². The largest absolute Gasteiger partial charge is 0.306 e. The van der Waals surface area contributed by atoms with Gasteiger partial charge < -0.3 is 4.40 Å². The van der Waals surface area contributed by atoms with Gasteiger partial charge in [-0.2, -0.15) is 0 Å². The molecular formula is C26H16N4. The highest BCUT2D eigenvalue weighted by Gasteiger charge is 2.19. The molecule has 0 amide bonds. The lowest BCUT2D eigenvalue weighted by molar-refractivity contribution is 1.19. The molecule has 2 aromatic carbocycles. The lowest BCUT2D eigenvalue weighted by Crippen LogP contribution is -1.81. The second-order valence-corrected chi connectivity index (χ2v) is 7.63. The first-order chi connectivity index (χ1) is 14.9. The third-order valence-electron chi connectivity index (χ3n) is 5.90. The molecule has 140 valence electrons. The lowest BCUT2D eigenvalue weighted by Gasteiger charge is -2.00. The first kappa shape index (κ1) is 15.7. The summed E-state index contributed by atoms with van der Waals surface area (Å²) >= 11 is 0. The molecule has 0 N–H and O–H groups in total. The van der Waals surface area contributed by atoms with Gasteiger partial charge in [0.2, 0.25) is 0 Å². The molecule has 5 heterocycles. The average Bonchev–Trinajstić information content (AvgIpc) is 3.49. The Kier molecular flexibility index (Phi) is 2.97. The van der Waals surface area contributed by atoms with E-state index in [1.807, 2.05) is 30.5 Å². The first-order valence-corrected chi connectivity index (χ1v) is 10.0. The topological polar surface area (TPSA) is 34.6 Å². The lowest BCUT2D eigenvalue weighted by atomic mass is 10.0. The number of hydrogen-bond acceptors (Lipinski definition) is 2. The van der Waals surface area contributed by atoms with Crippen LogP contribution in [0.3, 0.4) is 0 Å². The van der Waals surface area contributed by atoms with Crippen LogP contribution in [0.4, 0.5) is 0 Å². The monoisotopic (exact) mass is 384 g/mol. The van der Waals surface area contributed by atoms with Crippen molar-refractivity contribution in [1.29, 1.82) is 0 Å². The molecule has 0 atom stereocenters. The van der Waals surface area contributed by atoms with Crippen molar-refractivity contribution >= 4 is 33.1 Å². The Hall–Kier alpha value is -4.18. The number of hydrogen-bond donors (Lipinski definition) is 0. The fraction of sp³-hybridized carbons (Fsp3) is 0. The van der Waals surface area contributed by atoms with Gasteiger partial charge in [-0.1, -0.05) is 54.6 Å². The summed E-state index contributed by atoms with van der Waals surface area (Å²) in [5.74, 6) is 0. The van der Waals surface area contributed by atoms with Gasteiger partial charge in [-0.15, -0.1) is 0 Å². The van der Waals surface area contributed by atoms with Gasteiger partial charge in [-0.25, -0.2) is 9.97 Å². The Morgan fingerprint density at radius 1 is 0.633 bits per heavy atom. The summed E-state index contributed by atoms with van der Waals surface area (Å²) in [6, 6.07) is 29.5. The van der Waals surface area contributed by atoms with E-state index in [2.05, 4.69) is 75.7 Å². The molecule has 0 aliphatic rings. The zero-order valence-electron chi connectivity index (χ0n) is 16.0. The van der Waals surface area contributed by atoms with Gasteiger partial charge >= 0.3 is 0 Å². The fourth-order valence-corrected chi connectivity index (χ4v) is 4.55. The number of nitrogens with zero attached hydrogens (tertiary/aromatic N) is 4. The van der Waals surface area contributed by atoms with Gasteiger partial charge in [-0.05, 0) is 30.3 Å². The van der Waals surface area contributed by atoms with E-state index < -0.39 is 0 Å². The van der Waals surface area contributed by atoms with Crippen molar-refractivity contribution in [3.8, 4) is 22.5 Å². The zero-order chi connectivity index (χ0) is 19.7. The van der Waals surface area contributed by atoms with Crippen LogP contribution in [0, 0.1) is 0 Å². The van der Waals surface area contributed by atoms with E-state index in [0.717, 1.165) is 39.3 Å². The van der Waals surface area contributed by atoms with Crippen molar-refractivity contribution < 1.29 is 0 Å². The SMILES string of the molecule is c1ccc(-c2nc3cccc4c5ccc(-c6cn7ccccc7n6)cc5c2n34)cc1. The number of imidazole rings is 2. The van der Waals surface area contributed by atoms with Gasteiger partial charge in [0.25, 0.3) is 0 Å². The molecule has 0 aliphatic heterocycles. The predicted molar refractivity (Wildman–Crippen MR) is 121 cm³/mol. The number of benzene rings is 2. The predicted octanol–water partition coefficient (Wildman–Crippen LogP) is 6.06. The summed E-state index contributed by atoms with van der Waals surface area (Å²) in [6.45, 7) is 0. The molecule has 0 fully saturated rings. The van der Waals surface area contributed by atoms with Gasteiger partial charge in [0, 0.05) is 34.3 Å². The Morgan fingerprint density at radius 2 is 1.50 bits per heavy atom. The number of pyridine rings is 2. The standard InChI is InChI=1S/C26H16N4/c1-2-7-17(8-3-1)25-26-20-15-18(21-16-29-14-5-4-10-23(29)27-21)12-13-19(20)22-9-6-11-24(28-25)30(22)26/h1-16H. The van der Waals surface area contributed by atoms with E-state index in [9.17, 15) is 0 Å². The van der Waals surface area contributed by atoms with Gasteiger partial charge in [0.1, 0.15) is 11.3 Å². The minimum Gasteiger partial charge on any atom is -0.306 e. The minimum atomic E-state index is 0.952. The molecule has 4 heteroatoms. The maximum absolute atomic E-state index is 4.97. The fourth-order valence-electron chi connectivity index (χ4n) is 4.55. The first-order valence-electron chi connectivity index (χ1n) is 10.0. The summed E-state index contributed by atoms with van der Waals surface area (Å²) < 4.78 is 4.34. The number of fused-ring (bicyclic) bond motifs is 4. The molecule has 4 nitrogen and oxygen atoms in total. The van der Waals surface area contributed by atoms with E-state index in [1.54, 1.807) is 0 Å². The van der Waals surface area contributed by atoms with Gasteiger partial charge in [0.05, 0.1) is 22.4 Å². The summed E-state index contributed by atoms with van der Waals surface area (Å²) in [5.41, 5.74) is 8.52. The molecule has 0 radical (unpaired) electrons. The van der Waals surface area contributed by atoms with Crippen molar-refractivity contribution in [2.24, 2.45) is 0 Å². The maximum Gasteiger partial charge on any atom is 0.138 e. The quantitative estimate of drug-likeness (QED) is 0.363. The van der Waals surface area contributed by atoms with Crippen LogP contribution in [0.1, 0.15) is 0 Å². The molecule has 0 aliphatic carbocycles. The van der Waals surface area contributed by atoms with Crippen molar-refractivity contribution in [2.75, 3.05) is 0 Å². The van der Waals surface area contributed by atoms with Crippen molar-refractivity contribution in [2.45, 2.75) is 0 Å². The summed E-state index contributed by atoms with van der Waals surface area (Å²) in [5, 5.41) is 2.44. The Labute approximate surface area is 172 Å². The second-order valence-electron chi connectivity index (χ2n) is 7.63. The van der Waals surface area contributed by atoms with E-state index in [1.165, 1.54) is 16.3 Å². The van der Waals surface area contributed by atoms with E-state index in [-0.39, 0.29) is 0 Å². The zero-order valence-corrected chi connectivity index (χ0v) is 16.0. The van der Waals surface area contributed by atoms with E-state index in [0.29, 0.717) is 0 Å². The summed E-state index contributed by atoms with van der Waals surface area (Å²) in [6.07, 6.45) is 4.12. The number of rotatable bonds is 2. The van der Waals surface area contributed by atoms with Crippen LogP contribution in [0.2, 0.25) is 0 Å². The van der Waals surface area contributed by atoms with E-state index >= 15 is 0 Å². The second kappa shape index (κ2) is 5.67. The molecule has 5 aromatic heterocycles. The van der Waals surface area contributed by atoms with E-state index in [4.69, 9.17) is 9.97 Å². The molecule has 0 bridgehead atoms. The molecule has 7 rings (SSSR count). The Morgan fingerprint density at radius 3 is 2.40 bits per heavy atom. The van der Waals surface area contributed by atoms with Crippen LogP contribution in [-0.4, -0.2) is 18.8 Å².